The largest absolute Gasteiger partial charge is 0.410 e. The maximum Gasteiger partial charge on any atom is 0.192 e. The first-order valence-corrected chi connectivity index (χ1v) is 13.2. The molecule has 2 rings (SSSR count). The van der Waals surface area contributed by atoms with Crippen molar-refractivity contribution in [3.63, 3.8) is 0 Å². The third-order valence-electron chi connectivity index (χ3n) is 6.26. The summed E-state index contributed by atoms with van der Waals surface area (Å²) in [5.74, 6) is -0.543. The van der Waals surface area contributed by atoms with Gasteiger partial charge in [0.25, 0.3) is 0 Å². The van der Waals surface area contributed by atoms with E-state index in [1.165, 1.54) is 12.8 Å². The van der Waals surface area contributed by atoms with Crippen molar-refractivity contribution in [3.05, 3.63) is 12.7 Å². The molecule has 0 amide bonds. The lowest BCUT2D eigenvalue weighted by Gasteiger charge is -2.48. The standard InChI is InChI=1S/C21H41NO3Si/c1-10-12-13-16-18-19(24-21(6,7)23-18)17(15-22(16)14-11-2)25-26(8,9)20(3,4)5/h11,16-19H,2,10,12-15H2,1,3-9H3/t16-,17+,18-,19+/m0/s1. The number of ether oxygens (including phenoxy) is 2. The normalized spacial score (nSPS) is 32.5. The zero-order valence-corrected chi connectivity index (χ0v) is 19.3. The summed E-state index contributed by atoms with van der Waals surface area (Å²) in [5.41, 5.74) is 0. The Labute approximate surface area is 162 Å². The molecule has 5 heteroatoms. The number of unbranched alkanes of at least 4 members (excludes halogenated alkanes) is 1. The van der Waals surface area contributed by atoms with Crippen LogP contribution in [0.25, 0.3) is 0 Å². The van der Waals surface area contributed by atoms with Gasteiger partial charge in [-0.3, -0.25) is 4.90 Å². The smallest absolute Gasteiger partial charge is 0.192 e. The molecule has 0 aromatic carbocycles. The fourth-order valence-electron chi connectivity index (χ4n) is 3.88. The average Bonchev–Trinajstić information content (AvgIpc) is 2.81. The lowest BCUT2D eigenvalue weighted by Crippen LogP contribution is -2.63. The van der Waals surface area contributed by atoms with Crippen LogP contribution in [-0.2, 0) is 13.9 Å². The van der Waals surface area contributed by atoms with Crippen molar-refractivity contribution in [2.45, 2.75) is 109 Å². The number of hydrogen-bond acceptors (Lipinski definition) is 4. The molecule has 0 unspecified atom stereocenters. The van der Waals surface area contributed by atoms with Crippen LogP contribution >= 0.6 is 0 Å². The van der Waals surface area contributed by atoms with Crippen LogP contribution in [0.1, 0.15) is 60.8 Å². The van der Waals surface area contributed by atoms with E-state index in [4.69, 9.17) is 13.9 Å². The Morgan fingerprint density at radius 3 is 2.38 bits per heavy atom. The first-order chi connectivity index (χ1) is 11.9. The summed E-state index contributed by atoms with van der Waals surface area (Å²) in [7, 11) is -1.89. The molecule has 0 spiro atoms. The van der Waals surface area contributed by atoms with Crippen molar-refractivity contribution in [2.75, 3.05) is 13.1 Å². The molecule has 0 aromatic rings. The highest BCUT2D eigenvalue weighted by atomic mass is 28.4. The van der Waals surface area contributed by atoms with Gasteiger partial charge < -0.3 is 13.9 Å². The second kappa shape index (κ2) is 8.04. The van der Waals surface area contributed by atoms with Crippen LogP contribution < -0.4 is 0 Å². The zero-order valence-electron chi connectivity index (χ0n) is 18.3. The van der Waals surface area contributed by atoms with Crippen molar-refractivity contribution >= 4 is 8.32 Å². The maximum absolute atomic E-state index is 6.84. The minimum absolute atomic E-state index is 0.0158. The molecule has 0 aromatic heterocycles. The fourth-order valence-corrected chi connectivity index (χ4v) is 5.19. The van der Waals surface area contributed by atoms with Gasteiger partial charge in [0.15, 0.2) is 14.1 Å². The van der Waals surface area contributed by atoms with E-state index in [9.17, 15) is 0 Å². The van der Waals surface area contributed by atoms with E-state index >= 15 is 0 Å². The summed E-state index contributed by atoms with van der Waals surface area (Å²) in [6, 6.07) is 0.374. The van der Waals surface area contributed by atoms with Crippen LogP contribution in [0.15, 0.2) is 12.7 Å². The molecule has 152 valence electrons. The summed E-state index contributed by atoms with van der Waals surface area (Å²) in [4.78, 5) is 2.51. The molecule has 2 fully saturated rings. The van der Waals surface area contributed by atoms with Crippen molar-refractivity contribution in [1.29, 1.82) is 0 Å². The molecule has 0 radical (unpaired) electrons. The van der Waals surface area contributed by atoms with Crippen molar-refractivity contribution in [1.82, 2.24) is 4.90 Å². The maximum atomic E-state index is 6.84. The van der Waals surface area contributed by atoms with E-state index in [2.05, 4.69) is 52.3 Å². The van der Waals surface area contributed by atoms with Gasteiger partial charge in [-0.1, -0.05) is 46.6 Å². The lowest BCUT2D eigenvalue weighted by molar-refractivity contribution is -0.152. The number of likely N-dealkylation sites (tertiary alicyclic amines) is 1. The number of hydrogen-bond donors (Lipinski definition) is 0. The van der Waals surface area contributed by atoms with E-state index < -0.39 is 14.1 Å². The number of fused-ring (bicyclic) bond motifs is 1. The van der Waals surface area contributed by atoms with Crippen LogP contribution in [0.4, 0.5) is 0 Å². The molecule has 0 saturated carbocycles. The second-order valence-electron chi connectivity index (χ2n) is 9.93. The van der Waals surface area contributed by atoms with Gasteiger partial charge in [-0.05, 0) is 38.4 Å². The number of nitrogens with zero attached hydrogens (tertiary/aromatic N) is 1. The molecule has 4 atom stereocenters. The Hall–Kier alpha value is -0.203. The van der Waals surface area contributed by atoms with Crippen LogP contribution in [0.5, 0.6) is 0 Å². The molecule has 2 aliphatic heterocycles. The third kappa shape index (κ3) is 4.79. The zero-order chi connectivity index (χ0) is 19.8. The van der Waals surface area contributed by atoms with Gasteiger partial charge in [0.2, 0.25) is 0 Å². The van der Waals surface area contributed by atoms with Crippen LogP contribution in [-0.4, -0.2) is 56.4 Å². The highest BCUT2D eigenvalue weighted by Gasteiger charge is 2.55. The summed E-state index contributed by atoms with van der Waals surface area (Å²) < 4.78 is 19.6. The van der Waals surface area contributed by atoms with Crippen LogP contribution in [0.2, 0.25) is 18.1 Å². The van der Waals surface area contributed by atoms with Gasteiger partial charge in [0.05, 0.1) is 6.10 Å². The Bertz CT molecular complexity index is 486. The van der Waals surface area contributed by atoms with Gasteiger partial charge in [-0.15, -0.1) is 6.58 Å². The van der Waals surface area contributed by atoms with Crippen LogP contribution in [0, 0.1) is 0 Å². The van der Waals surface area contributed by atoms with E-state index in [0.717, 1.165) is 19.5 Å². The highest BCUT2D eigenvalue weighted by molar-refractivity contribution is 6.74. The minimum atomic E-state index is -1.89. The molecular weight excluding hydrogens is 342 g/mol. The second-order valence-corrected chi connectivity index (χ2v) is 14.7. The highest BCUT2D eigenvalue weighted by Crippen LogP contribution is 2.43. The molecule has 0 bridgehead atoms. The first kappa shape index (κ1) is 22.1. The van der Waals surface area contributed by atoms with Gasteiger partial charge in [0, 0.05) is 19.1 Å². The molecule has 2 aliphatic rings. The Morgan fingerprint density at radius 1 is 1.23 bits per heavy atom. The molecular formula is C21H41NO3Si. The summed E-state index contributed by atoms with van der Waals surface area (Å²) in [6.45, 7) is 23.6. The minimum Gasteiger partial charge on any atom is -0.410 e. The molecule has 0 N–H and O–H groups in total. The number of piperidine rings is 1. The van der Waals surface area contributed by atoms with E-state index in [0.29, 0.717) is 6.04 Å². The van der Waals surface area contributed by atoms with Gasteiger partial charge in [-0.25, -0.2) is 0 Å². The van der Waals surface area contributed by atoms with Crippen LogP contribution in [0.3, 0.4) is 0 Å². The Kier molecular flexibility index (Phi) is 6.83. The van der Waals surface area contributed by atoms with Gasteiger partial charge in [0.1, 0.15) is 12.2 Å². The Morgan fingerprint density at radius 2 is 1.85 bits per heavy atom. The van der Waals surface area contributed by atoms with Gasteiger partial charge >= 0.3 is 0 Å². The monoisotopic (exact) mass is 383 g/mol. The molecule has 26 heavy (non-hydrogen) atoms. The van der Waals surface area contributed by atoms with Gasteiger partial charge in [-0.2, -0.15) is 0 Å². The van der Waals surface area contributed by atoms with E-state index in [-0.39, 0.29) is 23.4 Å². The average molecular weight is 384 g/mol. The quantitative estimate of drug-likeness (QED) is 0.459. The summed E-state index contributed by atoms with van der Waals surface area (Å²) in [6.07, 6.45) is 5.69. The fraction of sp³-hybridized carbons (Fsp3) is 0.905. The Balaban J connectivity index is 2.28. The summed E-state index contributed by atoms with van der Waals surface area (Å²) in [5, 5.41) is 0.180. The predicted octanol–water partition coefficient (Wildman–Crippen LogP) is 4.96. The molecule has 0 aliphatic carbocycles. The first-order valence-electron chi connectivity index (χ1n) is 10.3. The SMILES string of the molecule is C=CCN1C[C@@H](O[Si](C)(C)C(C)(C)C)[C@H]2OC(C)(C)O[C@H]2[C@@H]1CCCC. The predicted molar refractivity (Wildman–Crippen MR) is 111 cm³/mol. The molecule has 2 heterocycles. The van der Waals surface area contributed by atoms with Crippen molar-refractivity contribution in [2.24, 2.45) is 0 Å². The van der Waals surface area contributed by atoms with E-state index in [1.807, 2.05) is 19.9 Å². The van der Waals surface area contributed by atoms with Crippen molar-refractivity contribution in [3.8, 4) is 0 Å². The summed E-state index contributed by atoms with van der Waals surface area (Å²) >= 11 is 0. The third-order valence-corrected chi connectivity index (χ3v) is 10.8. The van der Waals surface area contributed by atoms with Crippen molar-refractivity contribution < 1.29 is 13.9 Å². The lowest BCUT2D eigenvalue weighted by atomic mass is 9.90. The molecule has 2 saturated heterocycles. The number of rotatable bonds is 7. The molecule has 4 nitrogen and oxygen atoms in total. The topological polar surface area (TPSA) is 30.9 Å². The van der Waals surface area contributed by atoms with E-state index in [1.54, 1.807) is 0 Å².